The molecule has 1 N–H and O–H groups in total. The van der Waals surface area contributed by atoms with Crippen LogP contribution in [-0.4, -0.2) is 17.5 Å². The van der Waals surface area contributed by atoms with Crippen LogP contribution in [0.5, 0.6) is 0 Å². The Morgan fingerprint density at radius 1 is 1.23 bits per heavy atom. The summed E-state index contributed by atoms with van der Waals surface area (Å²) in [6, 6.07) is 0. The number of aldehydes is 1. The van der Waals surface area contributed by atoms with Crippen molar-refractivity contribution in [1.82, 2.24) is 0 Å². The summed E-state index contributed by atoms with van der Waals surface area (Å²) in [6.07, 6.45) is 10.1. The quantitative estimate of drug-likeness (QED) is 0.584. The number of hydrogen-bond donors (Lipinski definition) is 1. The molecule has 7 atom stereocenters. The third-order valence-corrected chi connectivity index (χ3v) is 8.43. The summed E-state index contributed by atoms with van der Waals surface area (Å²) >= 11 is 0. The zero-order valence-electron chi connectivity index (χ0n) is 14.1. The largest absolute Gasteiger partial charge is 0.392 e. The van der Waals surface area contributed by atoms with Gasteiger partial charge in [0.2, 0.25) is 0 Å². The molecule has 4 aliphatic carbocycles. The first kappa shape index (κ1) is 14.9. The van der Waals surface area contributed by atoms with E-state index in [0.717, 1.165) is 32.1 Å². The van der Waals surface area contributed by atoms with E-state index in [1.807, 2.05) is 0 Å². The van der Waals surface area contributed by atoms with Crippen LogP contribution in [-0.2, 0) is 4.79 Å². The molecule has 0 radical (unpaired) electrons. The Morgan fingerprint density at radius 2 is 2.00 bits per heavy atom. The Labute approximate surface area is 134 Å². The zero-order chi connectivity index (χ0) is 15.8. The van der Waals surface area contributed by atoms with Crippen LogP contribution < -0.4 is 0 Å². The highest BCUT2D eigenvalue weighted by atomic mass is 16.3. The van der Waals surface area contributed by atoms with Gasteiger partial charge in [-0.3, -0.25) is 0 Å². The molecule has 22 heavy (non-hydrogen) atoms. The standard InChI is InChI=1S/C20H30O2/c1-13-10-20-8-5-16-18(2,12-21)6-4-7-19(16,3)17(20)9-15(22)14(13)11-20/h12,14-17,22H,1,4-11H2,2-3H3. The lowest BCUT2D eigenvalue weighted by Crippen LogP contribution is -2.58. The number of fused-ring (bicyclic) bond motifs is 3. The minimum absolute atomic E-state index is 0.147. The van der Waals surface area contributed by atoms with Crippen LogP contribution in [0.2, 0.25) is 0 Å². The van der Waals surface area contributed by atoms with Gasteiger partial charge in [0.15, 0.2) is 0 Å². The van der Waals surface area contributed by atoms with E-state index in [0.29, 0.717) is 23.2 Å². The fourth-order valence-electron chi connectivity index (χ4n) is 7.50. The van der Waals surface area contributed by atoms with E-state index in [4.69, 9.17) is 0 Å². The van der Waals surface area contributed by atoms with Crippen molar-refractivity contribution in [3.05, 3.63) is 12.2 Å². The maximum absolute atomic E-state index is 11.8. The number of rotatable bonds is 1. The van der Waals surface area contributed by atoms with Gasteiger partial charge in [0, 0.05) is 11.3 Å². The maximum Gasteiger partial charge on any atom is 0.126 e. The molecule has 4 fully saturated rings. The number of carbonyl (C=O) groups is 1. The van der Waals surface area contributed by atoms with Crippen molar-refractivity contribution in [1.29, 1.82) is 0 Å². The first-order chi connectivity index (χ1) is 10.3. The molecule has 7 unspecified atom stereocenters. The fourth-order valence-corrected chi connectivity index (χ4v) is 7.50. The van der Waals surface area contributed by atoms with Crippen LogP contribution >= 0.6 is 0 Å². The molecule has 4 aliphatic rings. The zero-order valence-corrected chi connectivity index (χ0v) is 14.1. The third kappa shape index (κ3) is 1.68. The van der Waals surface area contributed by atoms with Crippen LogP contribution in [0.1, 0.15) is 65.2 Å². The van der Waals surface area contributed by atoms with Gasteiger partial charge in [-0.05, 0) is 67.6 Å². The molecule has 0 aromatic heterocycles. The molecule has 2 nitrogen and oxygen atoms in total. The molecule has 0 aromatic rings. The van der Waals surface area contributed by atoms with E-state index in [-0.39, 0.29) is 16.9 Å². The normalized spacial score (nSPS) is 57.1. The molecule has 0 saturated heterocycles. The van der Waals surface area contributed by atoms with Gasteiger partial charge < -0.3 is 9.90 Å². The molecule has 0 amide bonds. The van der Waals surface area contributed by atoms with Crippen molar-refractivity contribution in [3.8, 4) is 0 Å². The Bertz CT molecular complexity index is 526. The van der Waals surface area contributed by atoms with Crippen molar-refractivity contribution in [2.75, 3.05) is 0 Å². The molecule has 1 spiro atoms. The van der Waals surface area contributed by atoms with Gasteiger partial charge >= 0.3 is 0 Å². The highest BCUT2D eigenvalue weighted by Crippen LogP contribution is 2.71. The molecule has 0 aliphatic heterocycles. The van der Waals surface area contributed by atoms with Crippen LogP contribution in [0, 0.1) is 34.0 Å². The van der Waals surface area contributed by atoms with E-state index in [1.165, 1.54) is 31.1 Å². The van der Waals surface area contributed by atoms with Crippen LogP contribution in [0.15, 0.2) is 12.2 Å². The summed E-state index contributed by atoms with van der Waals surface area (Å²) in [6.45, 7) is 8.92. The smallest absolute Gasteiger partial charge is 0.126 e. The molecule has 0 heterocycles. The predicted octanol–water partition coefficient (Wildman–Crippen LogP) is 4.13. The Balaban J connectivity index is 1.76. The van der Waals surface area contributed by atoms with Gasteiger partial charge in [0.05, 0.1) is 6.10 Å². The third-order valence-electron chi connectivity index (χ3n) is 8.43. The average molecular weight is 302 g/mol. The summed E-state index contributed by atoms with van der Waals surface area (Å²) in [4.78, 5) is 11.8. The summed E-state index contributed by atoms with van der Waals surface area (Å²) in [5.41, 5.74) is 1.76. The van der Waals surface area contributed by atoms with Crippen molar-refractivity contribution >= 4 is 6.29 Å². The molecular weight excluding hydrogens is 272 g/mol. The number of carbonyl (C=O) groups excluding carboxylic acids is 1. The summed E-state index contributed by atoms with van der Waals surface area (Å²) in [5, 5.41) is 10.7. The van der Waals surface area contributed by atoms with Crippen LogP contribution in [0.4, 0.5) is 0 Å². The Morgan fingerprint density at radius 3 is 2.73 bits per heavy atom. The molecule has 122 valence electrons. The van der Waals surface area contributed by atoms with Crippen molar-refractivity contribution < 1.29 is 9.90 Å². The second-order valence-corrected chi connectivity index (χ2v) is 9.44. The van der Waals surface area contributed by atoms with Gasteiger partial charge in [-0.1, -0.05) is 32.4 Å². The Kier molecular flexibility index (Phi) is 3.03. The second-order valence-electron chi connectivity index (χ2n) is 9.44. The molecule has 2 heteroatoms. The lowest BCUT2D eigenvalue weighted by Gasteiger charge is -2.63. The summed E-state index contributed by atoms with van der Waals surface area (Å²) in [5.74, 6) is 1.42. The van der Waals surface area contributed by atoms with Gasteiger partial charge in [-0.2, -0.15) is 0 Å². The summed E-state index contributed by atoms with van der Waals surface area (Å²) in [7, 11) is 0. The second kappa shape index (κ2) is 4.47. The number of aliphatic hydroxyl groups excluding tert-OH is 1. The maximum atomic E-state index is 11.8. The van der Waals surface area contributed by atoms with Crippen molar-refractivity contribution in [2.45, 2.75) is 71.3 Å². The first-order valence-electron chi connectivity index (χ1n) is 9.17. The number of hydrogen-bond acceptors (Lipinski definition) is 2. The van der Waals surface area contributed by atoms with Gasteiger partial charge in [-0.25, -0.2) is 0 Å². The van der Waals surface area contributed by atoms with Crippen molar-refractivity contribution in [3.63, 3.8) is 0 Å². The SMILES string of the molecule is C=C1CC23CCC4C(C)(C=O)CCCC4(C)C2CC(O)C1C3. The predicted molar refractivity (Wildman–Crippen MR) is 87.3 cm³/mol. The number of aliphatic hydroxyl groups is 1. The molecule has 4 rings (SSSR count). The van der Waals surface area contributed by atoms with E-state index in [9.17, 15) is 9.90 Å². The minimum Gasteiger partial charge on any atom is -0.392 e. The highest BCUT2D eigenvalue weighted by molar-refractivity contribution is 5.60. The molecule has 4 saturated carbocycles. The van der Waals surface area contributed by atoms with Crippen LogP contribution in [0.3, 0.4) is 0 Å². The Hall–Kier alpha value is -0.630. The van der Waals surface area contributed by atoms with E-state index in [1.54, 1.807) is 0 Å². The van der Waals surface area contributed by atoms with E-state index < -0.39 is 0 Å². The fraction of sp³-hybridized carbons (Fsp3) is 0.850. The van der Waals surface area contributed by atoms with Gasteiger partial charge in [0.1, 0.15) is 6.29 Å². The monoisotopic (exact) mass is 302 g/mol. The van der Waals surface area contributed by atoms with E-state index >= 15 is 0 Å². The molecular formula is C20H30O2. The van der Waals surface area contributed by atoms with Crippen LogP contribution in [0.25, 0.3) is 0 Å². The molecule has 2 bridgehead atoms. The topological polar surface area (TPSA) is 37.3 Å². The lowest BCUT2D eigenvalue weighted by atomic mass is 9.41. The molecule has 0 aromatic carbocycles. The lowest BCUT2D eigenvalue weighted by molar-refractivity contribution is -0.167. The average Bonchev–Trinajstić information content (AvgIpc) is 2.75. The minimum atomic E-state index is -0.201. The van der Waals surface area contributed by atoms with Crippen molar-refractivity contribution in [2.24, 2.45) is 34.0 Å². The van der Waals surface area contributed by atoms with Gasteiger partial charge in [0.25, 0.3) is 0 Å². The highest BCUT2D eigenvalue weighted by Gasteiger charge is 2.65. The summed E-state index contributed by atoms with van der Waals surface area (Å²) < 4.78 is 0. The van der Waals surface area contributed by atoms with E-state index in [2.05, 4.69) is 20.4 Å². The first-order valence-corrected chi connectivity index (χ1v) is 9.17. The van der Waals surface area contributed by atoms with Gasteiger partial charge in [-0.15, -0.1) is 0 Å².